The quantitative estimate of drug-likeness (QED) is 0.923. The summed E-state index contributed by atoms with van der Waals surface area (Å²) in [6.45, 7) is 6.90. The SMILES string of the molecule is CC(C)(C)OC(=O)N1CCC(c2c(CO)nnn2C2CC2)CC1. The summed E-state index contributed by atoms with van der Waals surface area (Å²) in [6, 6.07) is 0.446. The molecule has 3 rings (SSSR count). The lowest BCUT2D eigenvalue weighted by Crippen LogP contribution is -2.41. The number of nitrogens with zero attached hydrogens (tertiary/aromatic N) is 4. The van der Waals surface area contributed by atoms with Gasteiger partial charge in [0.05, 0.1) is 18.3 Å². The smallest absolute Gasteiger partial charge is 0.410 e. The molecule has 0 atom stereocenters. The van der Waals surface area contributed by atoms with Crippen molar-refractivity contribution in [1.82, 2.24) is 19.9 Å². The maximum absolute atomic E-state index is 12.1. The van der Waals surface area contributed by atoms with Gasteiger partial charge in [-0.15, -0.1) is 5.10 Å². The average molecular weight is 322 g/mol. The monoisotopic (exact) mass is 322 g/mol. The van der Waals surface area contributed by atoms with Crippen molar-refractivity contribution in [3.63, 3.8) is 0 Å². The Morgan fingerprint density at radius 3 is 2.43 bits per heavy atom. The van der Waals surface area contributed by atoms with E-state index in [1.54, 1.807) is 4.90 Å². The van der Waals surface area contributed by atoms with E-state index in [4.69, 9.17) is 4.74 Å². The van der Waals surface area contributed by atoms with Crippen molar-refractivity contribution < 1.29 is 14.6 Å². The van der Waals surface area contributed by atoms with Gasteiger partial charge in [0, 0.05) is 19.0 Å². The molecule has 2 fully saturated rings. The molecule has 2 aliphatic rings. The molecule has 1 aromatic heterocycles. The van der Waals surface area contributed by atoms with E-state index in [-0.39, 0.29) is 12.7 Å². The maximum atomic E-state index is 12.1. The minimum atomic E-state index is -0.466. The van der Waals surface area contributed by atoms with E-state index in [0.29, 0.717) is 30.7 Å². The van der Waals surface area contributed by atoms with Crippen LogP contribution in [-0.2, 0) is 11.3 Å². The van der Waals surface area contributed by atoms with Gasteiger partial charge in [-0.25, -0.2) is 9.48 Å². The van der Waals surface area contributed by atoms with Crippen LogP contribution in [0.1, 0.15) is 69.8 Å². The molecule has 0 unspecified atom stereocenters. The van der Waals surface area contributed by atoms with Crippen LogP contribution in [0.5, 0.6) is 0 Å². The first-order valence-electron chi connectivity index (χ1n) is 8.42. The van der Waals surface area contributed by atoms with Crippen molar-refractivity contribution in [1.29, 1.82) is 0 Å². The Morgan fingerprint density at radius 2 is 1.91 bits per heavy atom. The molecular formula is C16H26N4O3. The molecule has 0 aromatic carbocycles. The molecule has 1 saturated heterocycles. The summed E-state index contributed by atoms with van der Waals surface area (Å²) in [5.41, 5.74) is 1.29. The molecule has 1 aromatic rings. The summed E-state index contributed by atoms with van der Waals surface area (Å²) < 4.78 is 7.44. The van der Waals surface area contributed by atoms with E-state index in [1.165, 1.54) is 0 Å². The summed E-state index contributed by atoms with van der Waals surface area (Å²) in [7, 11) is 0. The predicted octanol–water partition coefficient (Wildman–Crippen LogP) is 2.22. The number of carbonyl (C=O) groups is 1. The second-order valence-corrected chi connectivity index (χ2v) is 7.50. The lowest BCUT2D eigenvalue weighted by molar-refractivity contribution is 0.0202. The maximum Gasteiger partial charge on any atom is 0.410 e. The van der Waals surface area contributed by atoms with E-state index in [1.807, 2.05) is 25.5 Å². The summed E-state index contributed by atoms with van der Waals surface area (Å²) in [4.78, 5) is 13.9. The van der Waals surface area contributed by atoms with Crippen LogP contribution in [0, 0.1) is 0 Å². The van der Waals surface area contributed by atoms with Gasteiger partial charge in [0.25, 0.3) is 0 Å². The highest BCUT2D eigenvalue weighted by atomic mass is 16.6. The Balaban J connectivity index is 1.65. The largest absolute Gasteiger partial charge is 0.444 e. The van der Waals surface area contributed by atoms with E-state index >= 15 is 0 Å². The Labute approximate surface area is 136 Å². The number of aliphatic hydroxyl groups excluding tert-OH is 1. The van der Waals surface area contributed by atoms with Crippen LogP contribution >= 0.6 is 0 Å². The number of ether oxygens (including phenoxy) is 1. The molecule has 0 bridgehead atoms. The number of likely N-dealkylation sites (tertiary alicyclic amines) is 1. The van der Waals surface area contributed by atoms with Crippen LogP contribution in [-0.4, -0.2) is 49.8 Å². The number of aromatic nitrogens is 3. The Kier molecular flexibility index (Phi) is 4.31. The molecule has 7 heteroatoms. The van der Waals surface area contributed by atoms with Gasteiger partial charge in [0.2, 0.25) is 0 Å². The van der Waals surface area contributed by atoms with E-state index < -0.39 is 5.60 Å². The molecule has 1 saturated carbocycles. The zero-order valence-electron chi connectivity index (χ0n) is 14.2. The van der Waals surface area contributed by atoms with Gasteiger partial charge in [-0.3, -0.25) is 0 Å². The van der Waals surface area contributed by atoms with Crippen LogP contribution in [0.3, 0.4) is 0 Å². The van der Waals surface area contributed by atoms with Crippen LogP contribution in [0.2, 0.25) is 0 Å². The average Bonchev–Trinajstić information content (AvgIpc) is 3.24. The highest BCUT2D eigenvalue weighted by Gasteiger charge is 2.34. The van der Waals surface area contributed by atoms with Crippen molar-refractivity contribution in [3.05, 3.63) is 11.4 Å². The van der Waals surface area contributed by atoms with Gasteiger partial charge in [-0.05, 0) is 46.5 Å². The van der Waals surface area contributed by atoms with Gasteiger partial charge in [-0.2, -0.15) is 0 Å². The van der Waals surface area contributed by atoms with Gasteiger partial charge in [-0.1, -0.05) is 5.21 Å². The Morgan fingerprint density at radius 1 is 1.26 bits per heavy atom. The van der Waals surface area contributed by atoms with Crippen molar-refractivity contribution in [2.75, 3.05) is 13.1 Å². The van der Waals surface area contributed by atoms with E-state index in [2.05, 4.69) is 10.3 Å². The Bertz CT molecular complexity index is 566. The molecule has 1 N–H and O–H groups in total. The van der Waals surface area contributed by atoms with E-state index in [9.17, 15) is 9.90 Å². The first kappa shape index (κ1) is 16.2. The summed E-state index contributed by atoms with van der Waals surface area (Å²) >= 11 is 0. The van der Waals surface area contributed by atoms with Gasteiger partial charge >= 0.3 is 6.09 Å². The lowest BCUT2D eigenvalue weighted by atomic mass is 9.92. The lowest BCUT2D eigenvalue weighted by Gasteiger charge is -2.33. The van der Waals surface area contributed by atoms with Crippen LogP contribution in [0.15, 0.2) is 0 Å². The molecule has 1 aliphatic carbocycles. The molecule has 1 amide bonds. The highest BCUT2D eigenvalue weighted by Crippen LogP contribution is 2.39. The summed E-state index contributed by atoms with van der Waals surface area (Å²) in [5, 5.41) is 17.9. The van der Waals surface area contributed by atoms with Crippen LogP contribution in [0.25, 0.3) is 0 Å². The number of aliphatic hydroxyl groups is 1. The zero-order valence-corrected chi connectivity index (χ0v) is 14.2. The molecular weight excluding hydrogens is 296 g/mol. The number of hydrogen-bond acceptors (Lipinski definition) is 5. The van der Waals surface area contributed by atoms with Crippen molar-refractivity contribution in [2.24, 2.45) is 0 Å². The molecule has 0 radical (unpaired) electrons. The summed E-state index contributed by atoms with van der Waals surface area (Å²) in [5.74, 6) is 0.298. The number of hydrogen-bond donors (Lipinski definition) is 1. The molecule has 7 nitrogen and oxygen atoms in total. The fourth-order valence-corrected chi connectivity index (χ4v) is 3.12. The fraction of sp³-hybridized carbons (Fsp3) is 0.812. The number of amides is 1. The van der Waals surface area contributed by atoms with Gasteiger partial charge < -0.3 is 14.7 Å². The van der Waals surface area contributed by atoms with Gasteiger partial charge in [0.1, 0.15) is 11.3 Å². The third kappa shape index (κ3) is 3.65. The molecule has 23 heavy (non-hydrogen) atoms. The van der Waals surface area contributed by atoms with Crippen LogP contribution in [0.4, 0.5) is 4.79 Å². The molecule has 0 spiro atoms. The number of rotatable bonds is 3. The highest BCUT2D eigenvalue weighted by molar-refractivity contribution is 5.68. The molecule has 2 heterocycles. The minimum Gasteiger partial charge on any atom is -0.444 e. The van der Waals surface area contributed by atoms with Crippen LogP contribution < -0.4 is 0 Å². The predicted molar refractivity (Wildman–Crippen MR) is 84.0 cm³/mol. The zero-order chi connectivity index (χ0) is 16.6. The first-order chi connectivity index (χ1) is 10.9. The Hall–Kier alpha value is -1.63. The van der Waals surface area contributed by atoms with Gasteiger partial charge in [0.15, 0.2) is 0 Å². The molecule has 1 aliphatic heterocycles. The first-order valence-corrected chi connectivity index (χ1v) is 8.42. The second kappa shape index (κ2) is 6.11. The normalized spacial score (nSPS) is 19.9. The van der Waals surface area contributed by atoms with Crippen molar-refractivity contribution in [3.8, 4) is 0 Å². The second-order valence-electron chi connectivity index (χ2n) is 7.50. The van der Waals surface area contributed by atoms with Crippen molar-refractivity contribution >= 4 is 6.09 Å². The third-order valence-corrected chi connectivity index (χ3v) is 4.38. The number of piperidine rings is 1. The minimum absolute atomic E-state index is 0.0751. The summed E-state index contributed by atoms with van der Waals surface area (Å²) in [6.07, 6.45) is 3.74. The van der Waals surface area contributed by atoms with E-state index in [0.717, 1.165) is 31.4 Å². The van der Waals surface area contributed by atoms with Crippen molar-refractivity contribution in [2.45, 2.75) is 70.6 Å². The molecule has 128 valence electrons. The standard InChI is InChI=1S/C16H26N4O3/c1-16(2,3)23-15(22)19-8-6-11(7-9-19)14-13(10-21)17-18-20(14)12-4-5-12/h11-12,21H,4-10H2,1-3H3. The topological polar surface area (TPSA) is 80.5 Å². The number of carbonyl (C=O) groups excluding carboxylic acids is 1. The third-order valence-electron chi connectivity index (χ3n) is 4.38. The fourth-order valence-electron chi connectivity index (χ4n) is 3.12.